The molecule has 0 fully saturated rings. The molecule has 6 nitrogen and oxygen atoms in total. The van der Waals surface area contributed by atoms with Gasteiger partial charge in [0.2, 0.25) is 0 Å². The van der Waals surface area contributed by atoms with E-state index in [4.69, 9.17) is 10.5 Å². The second-order valence-corrected chi connectivity index (χ2v) is 7.36. The molecule has 0 aliphatic heterocycles. The summed E-state index contributed by atoms with van der Waals surface area (Å²) in [6.45, 7) is 1.83. The van der Waals surface area contributed by atoms with Crippen molar-refractivity contribution in [2.24, 2.45) is 12.8 Å². The average Bonchev–Trinajstić information content (AvgIpc) is 2.63. The van der Waals surface area contributed by atoms with E-state index >= 15 is 0 Å². The number of benzene rings is 2. The number of primary amides is 1. The van der Waals surface area contributed by atoms with Gasteiger partial charge >= 0.3 is 0 Å². The summed E-state index contributed by atoms with van der Waals surface area (Å²) in [5.41, 5.74) is 6.00. The Kier molecular flexibility index (Phi) is 5.68. The zero-order chi connectivity index (χ0) is 20.4. The van der Waals surface area contributed by atoms with Gasteiger partial charge in [0, 0.05) is 16.7 Å². The van der Waals surface area contributed by atoms with Crippen molar-refractivity contribution in [1.29, 1.82) is 0 Å². The molecule has 1 aromatic heterocycles. The first-order valence-corrected chi connectivity index (χ1v) is 9.35. The van der Waals surface area contributed by atoms with Crippen LogP contribution in [0.2, 0.25) is 0 Å². The molecule has 0 saturated heterocycles. The minimum atomic E-state index is -0.812. The number of para-hydroxylation sites is 1. The summed E-state index contributed by atoms with van der Waals surface area (Å²) in [7, 11) is 1.46. The van der Waals surface area contributed by atoms with E-state index in [1.165, 1.54) is 29.8 Å². The summed E-state index contributed by atoms with van der Waals surface area (Å²) in [6, 6.07) is 12.9. The lowest BCUT2D eigenvalue weighted by Gasteiger charge is -2.18. The van der Waals surface area contributed by atoms with E-state index in [1.807, 2.05) is 41.6 Å². The number of hydrogen-bond acceptors (Lipinski definition) is 4. The van der Waals surface area contributed by atoms with Crippen LogP contribution < -0.4 is 21.3 Å². The third-order valence-electron chi connectivity index (χ3n) is 4.15. The second kappa shape index (κ2) is 8.01. The van der Waals surface area contributed by atoms with Crippen molar-refractivity contribution < 1.29 is 13.9 Å². The third kappa shape index (κ3) is 4.01. The number of nitrogens with two attached hydrogens (primary N) is 1. The topological polar surface area (TPSA) is 86.3 Å². The predicted molar refractivity (Wildman–Crippen MR) is 114 cm³/mol. The van der Waals surface area contributed by atoms with Crippen LogP contribution >= 0.6 is 22.6 Å². The van der Waals surface area contributed by atoms with E-state index in [0.29, 0.717) is 9.32 Å². The van der Waals surface area contributed by atoms with Gasteiger partial charge in [0.15, 0.2) is 0 Å². The van der Waals surface area contributed by atoms with Crippen LogP contribution in [0.25, 0.3) is 0 Å². The molecule has 0 spiro atoms. The van der Waals surface area contributed by atoms with Crippen LogP contribution in [0.3, 0.4) is 0 Å². The Morgan fingerprint density at radius 3 is 2.54 bits per heavy atom. The average molecular weight is 493 g/mol. The molecule has 144 valence electrons. The highest BCUT2D eigenvalue weighted by Gasteiger charge is 2.22. The molecule has 2 aromatic carbocycles. The number of aryl methyl sites for hydroxylation is 1. The van der Waals surface area contributed by atoms with Gasteiger partial charge in [0.05, 0.1) is 5.69 Å². The quantitative estimate of drug-likeness (QED) is 0.525. The molecule has 0 aliphatic rings. The van der Waals surface area contributed by atoms with E-state index in [1.54, 1.807) is 18.2 Å². The van der Waals surface area contributed by atoms with Crippen molar-refractivity contribution in [3.63, 3.8) is 0 Å². The van der Waals surface area contributed by atoms with E-state index in [0.717, 1.165) is 5.56 Å². The molecule has 3 N–H and O–H groups in total. The van der Waals surface area contributed by atoms with Crippen molar-refractivity contribution in [1.82, 2.24) is 4.57 Å². The lowest BCUT2D eigenvalue weighted by Crippen LogP contribution is -2.25. The first-order chi connectivity index (χ1) is 13.3. The summed E-state index contributed by atoms with van der Waals surface area (Å²) in [5.74, 6) is -0.820. The molecule has 0 unspecified atom stereocenters. The molecule has 0 radical (unpaired) electrons. The van der Waals surface area contributed by atoms with E-state index in [-0.39, 0.29) is 22.8 Å². The SMILES string of the molecule is Cc1ccccc1Oc1cc(=O)n(C)c(Nc2ccc(I)cc2F)c1C(N)=O. The number of nitrogens with zero attached hydrogens (tertiary/aromatic N) is 1. The van der Waals surface area contributed by atoms with Gasteiger partial charge < -0.3 is 15.8 Å². The molecule has 0 saturated carbocycles. The summed E-state index contributed by atoms with van der Waals surface area (Å²) in [5, 5.41) is 2.80. The van der Waals surface area contributed by atoms with Gasteiger partial charge in [-0.2, -0.15) is 0 Å². The molecule has 8 heteroatoms. The van der Waals surface area contributed by atoms with Crippen LogP contribution in [0.1, 0.15) is 15.9 Å². The van der Waals surface area contributed by atoms with Gasteiger partial charge in [0.1, 0.15) is 28.7 Å². The highest BCUT2D eigenvalue weighted by atomic mass is 127. The Morgan fingerprint density at radius 1 is 1.18 bits per heavy atom. The monoisotopic (exact) mass is 493 g/mol. The maximum Gasteiger partial charge on any atom is 0.256 e. The highest BCUT2D eigenvalue weighted by molar-refractivity contribution is 14.1. The summed E-state index contributed by atoms with van der Waals surface area (Å²) >= 11 is 1.99. The number of pyridine rings is 1. The Labute approximate surface area is 174 Å². The van der Waals surface area contributed by atoms with Gasteiger partial charge in [-0.3, -0.25) is 14.2 Å². The standard InChI is InChI=1S/C20H17FIN3O3/c1-11-5-3-4-6-15(11)28-16-10-17(26)25(2)20(18(16)19(23)27)24-14-8-7-12(22)9-13(14)21/h3-10,24H,1-2H3,(H2,23,27). The van der Waals surface area contributed by atoms with Crippen molar-refractivity contribution in [2.75, 3.05) is 5.32 Å². The number of rotatable bonds is 5. The summed E-state index contributed by atoms with van der Waals surface area (Å²) in [4.78, 5) is 24.6. The van der Waals surface area contributed by atoms with Crippen LogP contribution in [0.4, 0.5) is 15.9 Å². The lowest BCUT2D eigenvalue weighted by atomic mass is 10.2. The first kappa shape index (κ1) is 19.9. The predicted octanol–water partition coefficient (Wildman–Crippen LogP) is 4.07. The summed E-state index contributed by atoms with van der Waals surface area (Å²) in [6.07, 6.45) is 0. The van der Waals surface area contributed by atoms with Crippen molar-refractivity contribution >= 4 is 40.0 Å². The van der Waals surface area contributed by atoms with Crippen LogP contribution in [0.15, 0.2) is 53.3 Å². The molecule has 1 heterocycles. The number of carbonyl (C=O) groups excluding carboxylic acids is 1. The number of amides is 1. The van der Waals surface area contributed by atoms with Gasteiger partial charge in [-0.1, -0.05) is 18.2 Å². The van der Waals surface area contributed by atoms with Gasteiger partial charge in [0.25, 0.3) is 11.5 Å². The Morgan fingerprint density at radius 2 is 1.89 bits per heavy atom. The largest absolute Gasteiger partial charge is 0.456 e. The molecular formula is C20H17FIN3O3. The molecule has 28 heavy (non-hydrogen) atoms. The lowest BCUT2D eigenvalue weighted by molar-refractivity contribution is 0.0998. The number of hydrogen-bond donors (Lipinski definition) is 2. The second-order valence-electron chi connectivity index (χ2n) is 6.11. The Balaban J connectivity index is 2.16. The zero-order valence-corrected chi connectivity index (χ0v) is 17.3. The Bertz CT molecular complexity index is 1130. The van der Waals surface area contributed by atoms with E-state index < -0.39 is 17.3 Å². The maximum atomic E-state index is 14.3. The molecule has 3 rings (SSSR count). The summed E-state index contributed by atoms with van der Waals surface area (Å²) < 4.78 is 22.0. The molecule has 1 amide bonds. The van der Waals surface area contributed by atoms with E-state index in [2.05, 4.69) is 5.32 Å². The molecule has 3 aromatic rings. The number of halogens is 2. The number of aromatic nitrogens is 1. The molecule has 0 atom stereocenters. The molecular weight excluding hydrogens is 476 g/mol. The van der Waals surface area contributed by atoms with Crippen molar-refractivity contribution in [3.8, 4) is 11.5 Å². The molecule has 0 aliphatic carbocycles. The van der Waals surface area contributed by atoms with Crippen LogP contribution in [0, 0.1) is 16.3 Å². The van der Waals surface area contributed by atoms with Crippen LogP contribution in [-0.4, -0.2) is 10.5 Å². The van der Waals surface area contributed by atoms with E-state index in [9.17, 15) is 14.0 Å². The minimum Gasteiger partial charge on any atom is -0.456 e. The normalized spacial score (nSPS) is 10.6. The fourth-order valence-electron chi connectivity index (χ4n) is 2.65. The molecule has 0 bridgehead atoms. The maximum absolute atomic E-state index is 14.3. The number of anilines is 2. The fourth-order valence-corrected chi connectivity index (χ4v) is 3.10. The van der Waals surface area contributed by atoms with Crippen LogP contribution in [0.5, 0.6) is 11.5 Å². The van der Waals surface area contributed by atoms with Crippen molar-refractivity contribution in [2.45, 2.75) is 6.92 Å². The zero-order valence-electron chi connectivity index (χ0n) is 15.1. The number of carbonyl (C=O) groups is 1. The smallest absolute Gasteiger partial charge is 0.256 e. The number of nitrogens with one attached hydrogen (secondary N) is 1. The highest BCUT2D eigenvalue weighted by Crippen LogP contribution is 2.32. The third-order valence-corrected chi connectivity index (χ3v) is 4.82. The van der Waals surface area contributed by atoms with Gasteiger partial charge in [-0.05, 0) is 59.3 Å². The number of ether oxygens (including phenoxy) is 1. The first-order valence-electron chi connectivity index (χ1n) is 8.27. The van der Waals surface area contributed by atoms with Gasteiger partial charge in [-0.15, -0.1) is 0 Å². The van der Waals surface area contributed by atoms with Crippen molar-refractivity contribution in [3.05, 3.63) is 79.4 Å². The van der Waals surface area contributed by atoms with Crippen LogP contribution in [-0.2, 0) is 7.05 Å². The van der Waals surface area contributed by atoms with Gasteiger partial charge in [-0.25, -0.2) is 4.39 Å². The fraction of sp³-hybridized carbons (Fsp3) is 0.100. The Hall–Kier alpha value is -2.88. The minimum absolute atomic E-state index is 0.00156.